The Kier molecular flexibility index (Phi) is 7.45. The van der Waals surface area contributed by atoms with Crippen molar-refractivity contribution in [2.75, 3.05) is 44.4 Å². The third-order valence-corrected chi connectivity index (χ3v) is 5.98. The first-order valence-electron chi connectivity index (χ1n) is 10.6. The van der Waals surface area contributed by atoms with Crippen molar-refractivity contribution in [2.24, 2.45) is 11.0 Å². The van der Waals surface area contributed by atoms with Crippen LogP contribution in [0.25, 0.3) is 0 Å². The molecule has 2 aliphatic rings. The number of nitrogens with one attached hydrogen (secondary N) is 1. The van der Waals surface area contributed by atoms with Crippen molar-refractivity contribution < 1.29 is 9.53 Å². The van der Waals surface area contributed by atoms with Crippen LogP contribution in [0.15, 0.2) is 29.4 Å². The fourth-order valence-electron chi connectivity index (χ4n) is 4.18. The molecule has 2 aliphatic heterocycles. The van der Waals surface area contributed by atoms with Crippen molar-refractivity contribution in [1.82, 2.24) is 10.2 Å². The first kappa shape index (κ1) is 20.8. The smallest absolute Gasteiger partial charge is 0.251 e. The number of carbonyl (C=O) groups is 1. The summed E-state index contributed by atoms with van der Waals surface area (Å²) in [4.78, 5) is 15.2. The van der Waals surface area contributed by atoms with Crippen LogP contribution in [0.4, 0.5) is 5.69 Å². The molecule has 0 aromatic heterocycles. The van der Waals surface area contributed by atoms with Crippen LogP contribution in [-0.4, -0.2) is 62.0 Å². The monoisotopic (exact) mass is 386 g/mol. The number of carbonyl (C=O) groups excluding carboxylic acids is 1. The van der Waals surface area contributed by atoms with Gasteiger partial charge in [0.05, 0.1) is 18.9 Å². The van der Waals surface area contributed by atoms with Gasteiger partial charge in [0, 0.05) is 49.9 Å². The largest absolute Gasteiger partial charge is 0.379 e. The van der Waals surface area contributed by atoms with Gasteiger partial charge in [-0.1, -0.05) is 26.7 Å². The third-order valence-electron chi connectivity index (χ3n) is 5.98. The van der Waals surface area contributed by atoms with Gasteiger partial charge in [-0.25, -0.2) is 0 Å². The van der Waals surface area contributed by atoms with Crippen LogP contribution in [0.2, 0.25) is 0 Å². The molecule has 1 atom stereocenters. The summed E-state index contributed by atoms with van der Waals surface area (Å²) >= 11 is 0. The fraction of sp³-hybridized carbons (Fsp3) is 0.636. The van der Waals surface area contributed by atoms with Crippen molar-refractivity contribution >= 4 is 17.3 Å². The number of amides is 1. The summed E-state index contributed by atoms with van der Waals surface area (Å²) in [5.41, 5.74) is 2.89. The van der Waals surface area contributed by atoms with Crippen LogP contribution in [0.5, 0.6) is 0 Å². The molecule has 1 aromatic carbocycles. The number of morpholine rings is 1. The molecule has 2 heterocycles. The number of nitrogens with zero attached hydrogens (tertiary/aromatic N) is 3. The van der Waals surface area contributed by atoms with Gasteiger partial charge in [0.2, 0.25) is 0 Å². The molecule has 0 spiro atoms. The van der Waals surface area contributed by atoms with E-state index >= 15 is 0 Å². The molecule has 0 radical (unpaired) electrons. The second kappa shape index (κ2) is 10.0. The van der Waals surface area contributed by atoms with E-state index in [-0.39, 0.29) is 5.91 Å². The quantitative estimate of drug-likeness (QED) is 0.746. The molecular formula is C22H34N4O2. The Labute approximate surface area is 168 Å². The molecule has 3 rings (SSSR count). The van der Waals surface area contributed by atoms with E-state index in [4.69, 9.17) is 4.74 Å². The maximum atomic E-state index is 12.7. The summed E-state index contributed by atoms with van der Waals surface area (Å²) in [6.45, 7) is 11.6. The van der Waals surface area contributed by atoms with E-state index in [1.54, 1.807) is 0 Å². The Morgan fingerprint density at radius 3 is 2.39 bits per heavy atom. The number of anilines is 1. The highest BCUT2D eigenvalue weighted by Crippen LogP contribution is 2.21. The summed E-state index contributed by atoms with van der Waals surface area (Å²) < 4.78 is 5.51. The molecule has 6 heteroatoms. The lowest BCUT2D eigenvalue weighted by atomic mass is 9.92. The van der Waals surface area contributed by atoms with E-state index in [0.29, 0.717) is 24.1 Å². The van der Waals surface area contributed by atoms with Gasteiger partial charge in [0.15, 0.2) is 0 Å². The molecule has 0 bridgehead atoms. The second-order valence-electron chi connectivity index (χ2n) is 7.76. The number of hydrazone groups is 1. The SMILES string of the molecule is CCC(CC)C(CNC(=O)c1ccc(N2CCC(C)=N2)cc1)N1CCOCC1. The van der Waals surface area contributed by atoms with E-state index in [9.17, 15) is 4.79 Å². The predicted molar refractivity (Wildman–Crippen MR) is 114 cm³/mol. The van der Waals surface area contributed by atoms with Gasteiger partial charge in [-0.2, -0.15) is 5.10 Å². The Morgan fingerprint density at radius 2 is 1.82 bits per heavy atom. The molecule has 1 aromatic rings. The molecule has 1 amide bonds. The molecule has 154 valence electrons. The minimum absolute atomic E-state index is 0.00290. The predicted octanol–water partition coefficient (Wildman–Crippen LogP) is 3.14. The minimum atomic E-state index is -0.00290. The maximum Gasteiger partial charge on any atom is 0.251 e. The van der Waals surface area contributed by atoms with Crippen LogP contribution in [-0.2, 0) is 4.74 Å². The van der Waals surface area contributed by atoms with Crippen molar-refractivity contribution in [3.63, 3.8) is 0 Å². The number of benzene rings is 1. The van der Waals surface area contributed by atoms with E-state index in [0.717, 1.165) is 63.5 Å². The van der Waals surface area contributed by atoms with Crippen LogP contribution in [0.1, 0.15) is 50.4 Å². The van der Waals surface area contributed by atoms with Crippen LogP contribution in [0.3, 0.4) is 0 Å². The average Bonchev–Trinajstić information content (AvgIpc) is 3.18. The summed E-state index contributed by atoms with van der Waals surface area (Å²) in [7, 11) is 0. The first-order chi connectivity index (χ1) is 13.6. The van der Waals surface area contributed by atoms with E-state index in [2.05, 4.69) is 29.2 Å². The highest BCUT2D eigenvalue weighted by atomic mass is 16.5. The third kappa shape index (κ3) is 5.11. The summed E-state index contributed by atoms with van der Waals surface area (Å²) in [5.74, 6) is 0.578. The summed E-state index contributed by atoms with van der Waals surface area (Å²) in [6.07, 6.45) is 3.25. The van der Waals surface area contributed by atoms with Crippen LogP contribution in [0, 0.1) is 5.92 Å². The van der Waals surface area contributed by atoms with Crippen molar-refractivity contribution in [2.45, 2.75) is 46.1 Å². The molecule has 1 N–H and O–H groups in total. The zero-order valence-electron chi connectivity index (χ0n) is 17.5. The lowest BCUT2D eigenvalue weighted by Crippen LogP contribution is -2.52. The number of rotatable bonds is 8. The lowest BCUT2D eigenvalue weighted by Gasteiger charge is -2.38. The van der Waals surface area contributed by atoms with E-state index in [1.807, 2.05) is 36.2 Å². The molecule has 1 saturated heterocycles. The van der Waals surface area contributed by atoms with Gasteiger partial charge < -0.3 is 10.1 Å². The molecule has 6 nitrogen and oxygen atoms in total. The highest BCUT2D eigenvalue weighted by molar-refractivity contribution is 5.94. The average molecular weight is 387 g/mol. The molecule has 1 fully saturated rings. The fourth-order valence-corrected chi connectivity index (χ4v) is 4.18. The van der Waals surface area contributed by atoms with Gasteiger partial charge in [0.25, 0.3) is 5.91 Å². The van der Waals surface area contributed by atoms with Gasteiger partial charge in [-0.05, 0) is 37.1 Å². The Balaban J connectivity index is 1.60. The zero-order chi connectivity index (χ0) is 19.9. The van der Waals surface area contributed by atoms with Gasteiger partial charge in [-0.15, -0.1) is 0 Å². The van der Waals surface area contributed by atoms with Crippen LogP contribution >= 0.6 is 0 Å². The second-order valence-corrected chi connectivity index (χ2v) is 7.76. The first-order valence-corrected chi connectivity index (χ1v) is 10.6. The lowest BCUT2D eigenvalue weighted by molar-refractivity contribution is 0.00191. The molecular weight excluding hydrogens is 352 g/mol. The maximum absolute atomic E-state index is 12.7. The van der Waals surface area contributed by atoms with Crippen LogP contribution < -0.4 is 10.3 Å². The topological polar surface area (TPSA) is 57.2 Å². The highest BCUT2D eigenvalue weighted by Gasteiger charge is 2.27. The Bertz CT molecular complexity index is 664. The van der Waals surface area contributed by atoms with Crippen molar-refractivity contribution in [1.29, 1.82) is 0 Å². The molecule has 1 unspecified atom stereocenters. The van der Waals surface area contributed by atoms with Gasteiger partial charge in [0.1, 0.15) is 0 Å². The molecule has 28 heavy (non-hydrogen) atoms. The Hall–Kier alpha value is -1.92. The molecule has 0 saturated carbocycles. The number of hydrogen-bond donors (Lipinski definition) is 1. The van der Waals surface area contributed by atoms with Crippen molar-refractivity contribution in [3.8, 4) is 0 Å². The normalized spacial score (nSPS) is 19.0. The number of hydrogen-bond acceptors (Lipinski definition) is 5. The zero-order valence-corrected chi connectivity index (χ0v) is 17.5. The minimum Gasteiger partial charge on any atom is -0.379 e. The van der Waals surface area contributed by atoms with E-state index < -0.39 is 0 Å². The van der Waals surface area contributed by atoms with Crippen molar-refractivity contribution in [3.05, 3.63) is 29.8 Å². The van der Waals surface area contributed by atoms with Gasteiger partial charge >= 0.3 is 0 Å². The number of ether oxygens (including phenoxy) is 1. The Morgan fingerprint density at radius 1 is 1.14 bits per heavy atom. The van der Waals surface area contributed by atoms with E-state index in [1.165, 1.54) is 0 Å². The standard InChI is InChI=1S/C22H34N4O2/c1-4-18(5-2)21(25-12-14-28-15-13-25)16-23-22(27)19-6-8-20(9-7-19)26-11-10-17(3)24-26/h6-9,18,21H,4-5,10-16H2,1-3H3,(H,23,27). The van der Waals surface area contributed by atoms with Gasteiger partial charge in [-0.3, -0.25) is 14.7 Å². The summed E-state index contributed by atoms with van der Waals surface area (Å²) in [5, 5.41) is 9.69. The summed E-state index contributed by atoms with van der Waals surface area (Å²) in [6, 6.07) is 8.13. The molecule has 0 aliphatic carbocycles.